The number of pyridine rings is 1. The number of hydrogen-bond donors (Lipinski definition) is 4. The Morgan fingerprint density at radius 3 is 2.53 bits per heavy atom. The van der Waals surface area contributed by atoms with Gasteiger partial charge in [0.15, 0.2) is 5.78 Å². The Hall–Kier alpha value is -4.13. The highest BCUT2D eigenvalue weighted by Gasteiger charge is 2.57. The summed E-state index contributed by atoms with van der Waals surface area (Å²) in [5.41, 5.74) is 19.8. The van der Waals surface area contributed by atoms with Gasteiger partial charge in [-0.25, -0.2) is 4.79 Å². The molecule has 236 valence electrons. The Labute approximate surface area is 266 Å². The fraction of sp³-hybridized carbons (Fsp3) is 0.394. The number of nitrogens with one attached hydrogen (secondary N) is 1. The van der Waals surface area contributed by atoms with Gasteiger partial charge in [0, 0.05) is 35.6 Å². The smallest absolute Gasteiger partial charge is 0.410 e. The third-order valence-electron chi connectivity index (χ3n) is 8.43. The molecule has 0 spiro atoms. The molecule has 1 fully saturated rings. The van der Waals surface area contributed by atoms with E-state index in [2.05, 4.69) is 10.3 Å². The molecule has 5 atom stereocenters. The molecule has 0 saturated carbocycles. The van der Waals surface area contributed by atoms with Gasteiger partial charge in [0.2, 0.25) is 5.91 Å². The summed E-state index contributed by atoms with van der Waals surface area (Å²) in [5, 5.41) is 2.40. The zero-order valence-electron chi connectivity index (χ0n) is 25.5. The number of Topliss-reactive ketones (excluding diaryl/α,β-unsaturated/α-hetero) is 1. The summed E-state index contributed by atoms with van der Waals surface area (Å²) < 4.78 is 11.4. The molecule has 3 aromatic rings. The van der Waals surface area contributed by atoms with Crippen LogP contribution in [0.3, 0.4) is 0 Å². The SMILES string of the molecule is CC(C)(C)OC(=O)N1CCC[C@@H](NC(=O)C2Sc3c(N)ccc4c3C2C(N)C(=O)C4(N)c2ccc(Oc3ccccc3)cn2)C1. The fourth-order valence-corrected chi connectivity index (χ4v) is 7.81. The minimum absolute atomic E-state index is 0.268. The summed E-state index contributed by atoms with van der Waals surface area (Å²) in [6.45, 7) is 6.34. The number of likely N-dealkylation sites (tertiary alicyclic amines) is 1. The molecule has 0 radical (unpaired) electrons. The second-order valence-corrected chi connectivity index (χ2v) is 13.9. The van der Waals surface area contributed by atoms with E-state index in [4.69, 9.17) is 26.7 Å². The van der Waals surface area contributed by atoms with Gasteiger partial charge < -0.3 is 36.9 Å². The number of ketones is 1. The van der Waals surface area contributed by atoms with E-state index >= 15 is 0 Å². The van der Waals surface area contributed by atoms with Crippen LogP contribution in [0.4, 0.5) is 10.5 Å². The van der Waals surface area contributed by atoms with Gasteiger partial charge >= 0.3 is 6.09 Å². The number of para-hydroxylation sites is 1. The van der Waals surface area contributed by atoms with Crippen LogP contribution < -0.4 is 27.3 Å². The standard InChI is InChI=1S/C33H38N6O5S/c1-32(2,3)44-31(42)39-15-7-8-18(17-39)38-30(41)28-25-24-21(12-13-22(34)27(24)45-28)33(36,29(40)26(25)35)23-14-11-20(16-37-23)43-19-9-5-4-6-10-19/h4-6,9-14,16,18,25-26,28H,7-8,15,17,34-36H2,1-3H3,(H,38,41)/t18-,25?,26?,28?,33?/m1/s1. The number of carbonyl (C=O) groups is 3. The molecule has 1 aromatic heterocycles. The molecule has 0 bridgehead atoms. The molecule has 45 heavy (non-hydrogen) atoms. The fourth-order valence-electron chi connectivity index (χ4n) is 6.35. The number of hydrogen-bond acceptors (Lipinski definition) is 10. The maximum absolute atomic E-state index is 14.1. The van der Waals surface area contributed by atoms with Gasteiger partial charge in [-0.3, -0.25) is 14.6 Å². The molecule has 4 unspecified atom stereocenters. The van der Waals surface area contributed by atoms with Gasteiger partial charge in [0.1, 0.15) is 22.6 Å². The average Bonchev–Trinajstić information content (AvgIpc) is 3.42. The Kier molecular flexibility index (Phi) is 8.00. The second kappa shape index (κ2) is 11.7. The van der Waals surface area contributed by atoms with E-state index in [1.165, 1.54) is 18.0 Å². The molecular formula is C33H38N6O5S. The lowest BCUT2D eigenvalue weighted by molar-refractivity contribution is -0.126. The zero-order valence-corrected chi connectivity index (χ0v) is 26.3. The summed E-state index contributed by atoms with van der Waals surface area (Å²) in [6, 6.07) is 14.7. The molecule has 7 N–H and O–H groups in total. The molecule has 2 amide bonds. The lowest BCUT2D eigenvalue weighted by atomic mass is 9.66. The van der Waals surface area contributed by atoms with Crippen molar-refractivity contribution in [1.29, 1.82) is 0 Å². The van der Waals surface area contributed by atoms with Crippen molar-refractivity contribution in [3.63, 3.8) is 0 Å². The maximum atomic E-state index is 14.1. The zero-order chi connectivity index (χ0) is 32.1. The van der Waals surface area contributed by atoms with E-state index in [1.807, 2.05) is 51.1 Å². The number of aromatic nitrogens is 1. The number of nitrogens with zero attached hydrogens (tertiary/aromatic N) is 2. The minimum Gasteiger partial charge on any atom is -0.456 e. The van der Waals surface area contributed by atoms with E-state index in [0.29, 0.717) is 58.4 Å². The van der Waals surface area contributed by atoms with Crippen molar-refractivity contribution < 1.29 is 23.9 Å². The predicted octanol–water partition coefficient (Wildman–Crippen LogP) is 3.64. The van der Waals surface area contributed by atoms with Crippen molar-refractivity contribution >= 4 is 35.2 Å². The van der Waals surface area contributed by atoms with Gasteiger partial charge in [-0.15, -0.1) is 11.8 Å². The summed E-state index contributed by atoms with van der Waals surface area (Å²) in [7, 11) is 0. The number of thioether (sulfide) groups is 1. The number of rotatable bonds is 5. The van der Waals surface area contributed by atoms with Gasteiger partial charge in [-0.1, -0.05) is 24.3 Å². The highest BCUT2D eigenvalue weighted by Crippen LogP contribution is 2.56. The largest absolute Gasteiger partial charge is 0.456 e. The summed E-state index contributed by atoms with van der Waals surface area (Å²) in [4.78, 5) is 47.5. The topological polar surface area (TPSA) is 176 Å². The summed E-state index contributed by atoms with van der Waals surface area (Å²) in [5.74, 6) is -0.206. The van der Waals surface area contributed by atoms with E-state index < -0.39 is 40.2 Å². The Balaban J connectivity index is 1.25. The highest BCUT2D eigenvalue weighted by atomic mass is 32.2. The lowest BCUT2D eigenvalue weighted by Crippen LogP contribution is -2.61. The van der Waals surface area contributed by atoms with E-state index in [9.17, 15) is 14.4 Å². The van der Waals surface area contributed by atoms with Crippen LogP contribution >= 0.6 is 11.8 Å². The van der Waals surface area contributed by atoms with Gasteiger partial charge in [0.05, 0.1) is 23.2 Å². The van der Waals surface area contributed by atoms with Crippen molar-refractivity contribution in [2.45, 2.75) is 72.9 Å². The minimum atomic E-state index is -1.65. The lowest BCUT2D eigenvalue weighted by Gasteiger charge is -2.41. The quantitative estimate of drug-likeness (QED) is 0.305. The molecule has 1 aliphatic carbocycles. The molecule has 11 nitrogen and oxygen atoms in total. The van der Waals surface area contributed by atoms with Crippen molar-refractivity contribution in [2.24, 2.45) is 11.5 Å². The van der Waals surface area contributed by atoms with Crippen LogP contribution in [0, 0.1) is 0 Å². The van der Waals surface area contributed by atoms with Crippen LogP contribution in [-0.2, 0) is 19.9 Å². The first-order chi connectivity index (χ1) is 21.4. The van der Waals surface area contributed by atoms with Crippen LogP contribution in [0.25, 0.3) is 0 Å². The van der Waals surface area contributed by atoms with Crippen molar-refractivity contribution in [1.82, 2.24) is 15.2 Å². The van der Waals surface area contributed by atoms with Crippen molar-refractivity contribution in [3.8, 4) is 11.5 Å². The van der Waals surface area contributed by atoms with Crippen molar-refractivity contribution in [3.05, 3.63) is 77.6 Å². The summed E-state index contributed by atoms with van der Waals surface area (Å²) in [6.07, 6.45) is 2.54. The third kappa shape index (κ3) is 5.73. The molecule has 2 aliphatic heterocycles. The highest BCUT2D eigenvalue weighted by molar-refractivity contribution is 8.01. The number of amides is 2. The van der Waals surface area contributed by atoms with Gasteiger partial charge in [0.25, 0.3) is 0 Å². The predicted molar refractivity (Wildman–Crippen MR) is 171 cm³/mol. The van der Waals surface area contributed by atoms with Crippen LogP contribution in [0.2, 0.25) is 0 Å². The molecule has 2 aromatic carbocycles. The molecule has 12 heteroatoms. The number of piperidine rings is 1. The molecule has 3 aliphatic rings. The number of anilines is 1. The van der Waals surface area contributed by atoms with Crippen LogP contribution in [0.15, 0.2) is 65.7 Å². The van der Waals surface area contributed by atoms with Crippen molar-refractivity contribution in [2.75, 3.05) is 18.8 Å². The van der Waals surface area contributed by atoms with Crippen LogP contribution in [-0.4, -0.2) is 63.7 Å². The average molecular weight is 631 g/mol. The molecule has 6 rings (SSSR count). The number of nitrogen functional groups attached to an aromatic ring is 1. The Morgan fingerprint density at radius 1 is 1.09 bits per heavy atom. The van der Waals surface area contributed by atoms with Crippen LogP contribution in [0.5, 0.6) is 11.5 Å². The van der Waals surface area contributed by atoms with Gasteiger partial charge in [-0.2, -0.15) is 0 Å². The Morgan fingerprint density at radius 2 is 1.84 bits per heavy atom. The maximum Gasteiger partial charge on any atom is 0.410 e. The Bertz CT molecular complexity index is 1630. The number of nitrogens with two attached hydrogens (primary N) is 3. The van der Waals surface area contributed by atoms with Gasteiger partial charge in [-0.05, 0) is 75.1 Å². The number of ether oxygens (including phenoxy) is 2. The van der Waals surface area contributed by atoms with Crippen LogP contribution in [0.1, 0.15) is 56.4 Å². The number of benzene rings is 2. The normalized spacial score (nSPS) is 25.8. The monoisotopic (exact) mass is 630 g/mol. The molecular weight excluding hydrogens is 592 g/mol. The van der Waals surface area contributed by atoms with E-state index in [1.54, 1.807) is 29.2 Å². The first-order valence-electron chi connectivity index (χ1n) is 15.0. The first-order valence-corrected chi connectivity index (χ1v) is 15.9. The number of carbonyl (C=O) groups excluding carboxylic acids is 3. The second-order valence-electron chi connectivity index (χ2n) is 12.8. The molecule has 1 saturated heterocycles. The molecule has 3 heterocycles. The first kappa shape index (κ1) is 30.9. The third-order valence-corrected chi connectivity index (χ3v) is 9.88. The summed E-state index contributed by atoms with van der Waals surface area (Å²) >= 11 is 1.30. The van der Waals surface area contributed by atoms with E-state index in [0.717, 1.165) is 6.42 Å². The van der Waals surface area contributed by atoms with E-state index in [-0.39, 0.29) is 11.9 Å².